The summed E-state index contributed by atoms with van der Waals surface area (Å²) >= 11 is 0. The van der Waals surface area contributed by atoms with Gasteiger partial charge in [-0.15, -0.1) is 0 Å². The first-order valence-corrected chi connectivity index (χ1v) is 25.1. The number of carbonyl (C=O) groups is 8. The maximum absolute atomic E-state index is 15.3. The molecule has 0 saturated carbocycles. The molecule has 0 aromatic heterocycles. The van der Waals surface area contributed by atoms with Gasteiger partial charge in [-0.25, -0.2) is 13.6 Å². The van der Waals surface area contributed by atoms with Crippen LogP contribution >= 0.6 is 0 Å². The van der Waals surface area contributed by atoms with Crippen LogP contribution in [0.2, 0.25) is 0 Å². The Morgan fingerprint density at radius 3 is 2.04 bits per heavy atom. The molecule has 7 amide bonds. The lowest BCUT2D eigenvalue weighted by molar-refractivity contribution is -0.156. The number of ether oxygens (including phenoxy) is 2. The second-order valence-electron chi connectivity index (χ2n) is 21.0. The highest BCUT2D eigenvalue weighted by Crippen LogP contribution is 2.47. The minimum absolute atomic E-state index is 0.0335. The van der Waals surface area contributed by atoms with Crippen LogP contribution in [0.3, 0.4) is 0 Å². The molecule has 1 aliphatic heterocycles. The Labute approximate surface area is 437 Å². The molecule has 2 aromatic carbocycles. The number of carbonyl (C=O) groups excluding carboxylic acids is 8. The van der Waals surface area contributed by atoms with Crippen molar-refractivity contribution < 1.29 is 61.7 Å². The lowest BCUT2D eigenvalue weighted by Crippen LogP contribution is -2.58. The summed E-state index contributed by atoms with van der Waals surface area (Å²) in [4.78, 5) is 110. The Morgan fingerprint density at radius 2 is 1.44 bits per heavy atom. The normalized spacial score (nSPS) is 16.7. The Balaban J connectivity index is 1.51. The summed E-state index contributed by atoms with van der Waals surface area (Å²) in [5.74, 6) is -8.02. The number of hydrogen-bond donors (Lipinski definition) is 8. The number of nitrogens with zero attached hydrogens (tertiary/aromatic N) is 2. The van der Waals surface area contributed by atoms with E-state index in [2.05, 4.69) is 26.6 Å². The third kappa shape index (κ3) is 19.4. The summed E-state index contributed by atoms with van der Waals surface area (Å²) in [6.45, 7) is 12.8. The summed E-state index contributed by atoms with van der Waals surface area (Å²) in [6, 6.07) is 6.15. The van der Waals surface area contributed by atoms with Gasteiger partial charge >= 0.3 is 12.1 Å². The Hall–Kier alpha value is -6.94. The van der Waals surface area contributed by atoms with Gasteiger partial charge in [0, 0.05) is 43.2 Å². The number of esters is 1. The number of amides is 7. The maximum atomic E-state index is 15.3. The Kier molecular flexibility index (Phi) is 21.8. The van der Waals surface area contributed by atoms with Crippen molar-refractivity contribution >= 4 is 47.5 Å². The number of halogens is 2. The fourth-order valence-corrected chi connectivity index (χ4v) is 8.45. The van der Waals surface area contributed by atoms with Crippen molar-refractivity contribution in [1.82, 2.24) is 36.4 Å². The van der Waals surface area contributed by atoms with Gasteiger partial charge in [0.2, 0.25) is 35.4 Å². The van der Waals surface area contributed by atoms with E-state index in [0.29, 0.717) is 31.6 Å². The van der Waals surface area contributed by atoms with Crippen molar-refractivity contribution in [3.05, 3.63) is 95.2 Å². The molecular formula is C53H75F2N9O11. The molecule has 2 aliphatic rings. The molecule has 1 unspecified atom stereocenters. The summed E-state index contributed by atoms with van der Waals surface area (Å²) in [5.41, 5.74) is 10.2. The standard InChI is InChI=1S/C53H75F2N9O11/c1-32(59-48(71)38(17-12-13-22-56)62-50(73)75-52(5,6)7)46(69)60-40(28-44(68)74-51(2,3)4)49(72)61-39(27-42(57)66)47(70)58-23-14-24-64(43(67)31-65)45(53(8)20-21-53)41-25-34(36-26-35(54)18-19-37(36)55)30-63(41)29-33-15-10-9-11-16-33/h9-11,15-16,18-21,25-26,32,34,38-40,45,65H,12-14,17,22-24,27-31,56H2,1-8H3,(H2,57,66)(H,58,70)(H,59,71)(H,60,69)(H,61,72)(H,62,73)/t32-,34?,38-,39-,40+,45-/m0/s1. The van der Waals surface area contributed by atoms with E-state index in [1.165, 1.54) is 11.8 Å². The van der Waals surface area contributed by atoms with Crippen LogP contribution in [0.5, 0.6) is 0 Å². The zero-order valence-corrected chi connectivity index (χ0v) is 44.1. The van der Waals surface area contributed by atoms with Crippen molar-refractivity contribution in [2.45, 2.75) is 148 Å². The number of primary amides is 1. The average Bonchev–Trinajstić information content (AvgIpc) is 3.94. The minimum Gasteiger partial charge on any atom is -0.460 e. The molecule has 4 rings (SSSR count). The van der Waals surface area contributed by atoms with Crippen LogP contribution in [0.25, 0.3) is 0 Å². The summed E-state index contributed by atoms with van der Waals surface area (Å²) in [7, 11) is 0. The lowest BCUT2D eigenvalue weighted by atomic mass is 9.89. The predicted octanol–water partition coefficient (Wildman–Crippen LogP) is 2.82. The Bertz CT molecular complexity index is 2420. The third-order valence-corrected chi connectivity index (χ3v) is 12.1. The monoisotopic (exact) mass is 1050 g/mol. The average molecular weight is 1050 g/mol. The van der Waals surface area contributed by atoms with Crippen molar-refractivity contribution in [2.75, 3.05) is 32.8 Å². The highest BCUT2D eigenvalue weighted by atomic mass is 19.1. The van der Waals surface area contributed by atoms with Crippen LogP contribution in [0.15, 0.2) is 72.5 Å². The van der Waals surface area contributed by atoms with Gasteiger partial charge in [0.15, 0.2) is 0 Å². The second-order valence-corrected chi connectivity index (χ2v) is 21.0. The van der Waals surface area contributed by atoms with Gasteiger partial charge in [-0.2, -0.15) is 0 Å². The van der Waals surface area contributed by atoms with Gasteiger partial charge in [-0.3, -0.25) is 33.6 Å². The van der Waals surface area contributed by atoms with E-state index in [1.54, 1.807) is 41.5 Å². The van der Waals surface area contributed by atoms with Crippen LogP contribution in [0.4, 0.5) is 13.6 Å². The quantitative estimate of drug-likeness (QED) is 0.0363. The summed E-state index contributed by atoms with van der Waals surface area (Å²) in [6.07, 6.45) is 4.49. The minimum atomic E-state index is -1.72. The number of rotatable bonds is 27. The van der Waals surface area contributed by atoms with Gasteiger partial charge < -0.3 is 62.4 Å². The molecule has 2 aromatic rings. The summed E-state index contributed by atoms with van der Waals surface area (Å²) in [5, 5.41) is 22.7. The first kappa shape index (κ1) is 60.6. The van der Waals surface area contributed by atoms with E-state index in [9.17, 15) is 47.9 Å². The van der Waals surface area contributed by atoms with Crippen LogP contribution in [-0.4, -0.2) is 137 Å². The molecule has 0 fully saturated rings. The van der Waals surface area contributed by atoms with Gasteiger partial charge in [0.1, 0.15) is 53.6 Å². The van der Waals surface area contributed by atoms with E-state index >= 15 is 4.39 Å². The Morgan fingerprint density at radius 1 is 0.813 bits per heavy atom. The smallest absolute Gasteiger partial charge is 0.408 e. The van der Waals surface area contributed by atoms with Crippen molar-refractivity contribution in [3.8, 4) is 0 Å². The van der Waals surface area contributed by atoms with Gasteiger partial charge in [-0.1, -0.05) is 55.5 Å². The molecule has 1 heterocycles. The zero-order chi connectivity index (χ0) is 55.8. The molecule has 20 nitrogen and oxygen atoms in total. The van der Waals surface area contributed by atoms with Gasteiger partial charge in [0.25, 0.3) is 0 Å². The predicted molar refractivity (Wildman–Crippen MR) is 273 cm³/mol. The van der Waals surface area contributed by atoms with E-state index in [1.807, 2.05) is 60.4 Å². The van der Waals surface area contributed by atoms with E-state index in [-0.39, 0.29) is 38.0 Å². The van der Waals surface area contributed by atoms with Gasteiger partial charge in [-0.05, 0) is 110 Å². The van der Waals surface area contributed by atoms with E-state index < -0.39 is 131 Å². The molecule has 75 heavy (non-hydrogen) atoms. The number of unbranched alkanes of at least 4 members (excludes halogenated alkanes) is 1. The largest absolute Gasteiger partial charge is 0.460 e. The molecule has 22 heteroatoms. The first-order valence-electron chi connectivity index (χ1n) is 25.1. The molecule has 10 N–H and O–H groups in total. The first-order chi connectivity index (χ1) is 35.1. The molecule has 6 atom stereocenters. The number of alkyl carbamates (subject to hydrolysis) is 1. The molecule has 1 aliphatic carbocycles. The third-order valence-electron chi connectivity index (χ3n) is 12.1. The van der Waals surface area contributed by atoms with Crippen molar-refractivity contribution in [1.29, 1.82) is 0 Å². The number of nitrogens with one attached hydrogen (secondary N) is 5. The molecule has 0 bridgehead atoms. The van der Waals surface area contributed by atoms with E-state index in [4.69, 9.17) is 20.9 Å². The molecular weight excluding hydrogens is 977 g/mol. The summed E-state index contributed by atoms with van der Waals surface area (Å²) < 4.78 is 40.5. The highest BCUT2D eigenvalue weighted by molar-refractivity contribution is 5.97. The van der Waals surface area contributed by atoms with Crippen molar-refractivity contribution in [2.24, 2.45) is 16.9 Å². The lowest BCUT2D eigenvalue weighted by Gasteiger charge is -2.40. The molecule has 0 saturated heterocycles. The number of hydrogen-bond acceptors (Lipinski definition) is 13. The zero-order valence-electron chi connectivity index (χ0n) is 44.1. The van der Waals surface area contributed by atoms with Gasteiger partial charge in [0.05, 0.1) is 18.9 Å². The second kappa shape index (κ2) is 27.0. The molecule has 412 valence electrons. The fourth-order valence-electron chi connectivity index (χ4n) is 8.45. The van der Waals surface area contributed by atoms with Crippen LogP contribution in [0, 0.1) is 17.0 Å². The molecule has 0 spiro atoms. The van der Waals surface area contributed by atoms with Crippen LogP contribution in [-0.2, 0) is 49.6 Å². The topological polar surface area (TPSA) is 294 Å². The van der Waals surface area contributed by atoms with Crippen molar-refractivity contribution in [3.63, 3.8) is 0 Å². The maximum Gasteiger partial charge on any atom is 0.408 e. The van der Waals surface area contributed by atoms with E-state index in [0.717, 1.165) is 23.8 Å². The molecule has 0 radical (unpaired) electrons. The number of aliphatic hydroxyl groups is 1. The fraction of sp³-hybridized carbons (Fsp3) is 0.547. The van der Waals surface area contributed by atoms with Crippen LogP contribution in [0.1, 0.15) is 111 Å². The van der Waals surface area contributed by atoms with Crippen LogP contribution < -0.4 is 38.1 Å². The highest BCUT2D eigenvalue weighted by Gasteiger charge is 2.48. The number of nitrogens with two attached hydrogens (primary N) is 2. The number of aliphatic hydroxyl groups excluding tert-OH is 1. The number of benzene rings is 2. The SMILES string of the molecule is C[C@H](NC(=O)[C@H](CCCCN)NC(=O)OC(C)(C)C)C(=O)N[C@H](CC(=O)OC(C)(C)C)C(=O)N[C@@H](CC(N)=O)C(=O)NCCCN(C(=O)CO)[C@@H](C1=CC(c2cc(F)ccc2F)CN1Cc1ccccc1)C1(C)C=C1.